The van der Waals surface area contributed by atoms with Crippen LogP contribution >= 0.6 is 0 Å². The Hall–Kier alpha value is -4.56. The summed E-state index contributed by atoms with van der Waals surface area (Å²) < 4.78 is 18.9. The molecule has 184 valence electrons. The summed E-state index contributed by atoms with van der Waals surface area (Å²) in [5.74, 6) is 1.24. The molecule has 1 amide bonds. The van der Waals surface area contributed by atoms with Crippen molar-refractivity contribution in [3.05, 3.63) is 84.0 Å². The zero-order chi connectivity index (χ0) is 25.1. The molecule has 3 aliphatic rings. The largest absolute Gasteiger partial charge is 0.486 e. The standard InChI is InChI=1S/C25H24N6O5/c1-29-13-21(28-16-29)25(32)31-12-19(15-35-31)36-22-6-4-3-5-20(22)23-14-30(7-8-34-23)18-9-17(10-26)24(33-2)27-11-18/h4,6-9,11,13-14,16,19H,3,5,12,15H2,1-2H3/t19-/m1/s1. The Morgan fingerprint density at radius 2 is 2.22 bits per heavy atom. The quantitative estimate of drug-likeness (QED) is 0.605. The Labute approximate surface area is 207 Å². The number of rotatable bonds is 6. The summed E-state index contributed by atoms with van der Waals surface area (Å²) in [6.07, 6.45) is 15.1. The predicted octanol–water partition coefficient (Wildman–Crippen LogP) is 2.92. The fourth-order valence-corrected chi connectivity index (χ4v) is 4.01. The second kappa shape index (κ2) is 9.97. The first-order valence-corrected chi connectivity index (χ1v) is 11.3. The normalized spacial score (nSPS) is 19.1. The number of hydroxylamine groups is 2. The molecule has 2 aliphatic heterocycles. The lowest BCUT2D eigenvalue weighted by Gasteiger charge is -2.25. The molecule has 0 radical (unpaired) electrons. The minimum Gasteiger partial charge on any atom is -0.486 e. The molecule has 0 aromatic carbocycles. The lowest BCUT2D eigenvalue weighted by molar-refractivity contribution is -0.0785. The summed E-state index contributed by atoms with van der Waals surface area (Å²) in [6.45, 7) is 0.518. The van der Waals surface area contributed by atoms with Crippen LogP contribution in [0.3, 0.4) is 0 Å². The van der Waals surface area contributed by atoms with Gasteiger partial charge in [0, 0.05) is 25.0 Å². The molecule has 5 rings (SSSR count). The molecular weight excluding hydrogens is 464 g/mol. The topological polar surface area (TPSA) is 115 Å². The van der Waals surface area contributed by atoms with Gasteiger partial charge >= 0.3 is 0 Å². The van der Waals surface area contributed by atoms with Crippen molar-refractivity contribution in [2.45, 2.75) is 18.9 Å². The van der Waals surface area contributed by atoms with E-state index in [0.29, 0.717) is 34.9 Å². The number of hydrogen-bond donors (Lipinski definition) is 0. The van der Waals surface area contributed by atoms with E-state index in [2.05, 4.69) is 16.0 Å². The molecule has 4 heterocycles. The van der Waals surface area contributed by atoms with E-state index in [-0.39, 0.29) is 31.0 Å². The van der Waals surface area contributed by atoms with Crippen LogP contribution in [-0.2, 0) is 21.4 Å². The van der Waals surface area contributed by atoms with Crippen LogP contribution in [0.15, 0.2) is 72.7 Å². The van der Waals surface area contributed by atoms with Crippen LogP contribution in [0.5, 0.6) is 5.88 Å². The molecule has 1 atom stereocenters. The molecule has 11 heteroatoms. The Kier molecular flexibility index (Phi) is 6.42. The van der Waals surface area contributed by atoms with Gasteiger partial charge in [0.05, 0.1) is 38.1 Å². The second-order valence-corrected chi connectivity index (χ2v) is 8.28. The summed E-state index contributed by atoms with van der Waals surface area (Å²) in [6, 6.07) is 3.80. The second-order valence-electron chi connectivity index (χ2n) is 8.28. The minimum atomic E-state index is -0.342. The van der Waals surface area contributed by atoms with E-state index in [4.69, 9.17) is 19.0 Å². The van der Waals surface area contributed by atoms with Crippen molar-refractivity contribution >= 4 is 11.6 Å². The van der Waals surface area contributed by atoms with E-state index in [9.17, 15) is 10.1 Å². The first-order chi connectivity index (χ1) is 17.6. The zero-order valence-corrected chi connectivity index (χ0v) is 19.8. The average molecular weight is 489 g/mol. The van der Waals surface area contributed by atoms with Gasteiger partial charge in [-0.05, 0) is 25.0 Å². The van der Waals surface area contributed by atoms with Crippen molar-refractivity contribution in [1.82, 2.24) is 19.6 Å². The Bertz CT molecular complexity index is 1330. The molecule has 0 N–H and O–H groups in total. The zero-order valence-electron chi connectivity index (χ0n) is 19.8. The van der Waals surface area contributed by atoms with Crippen LogP contribution in [-0.4, -0.2) is 51.9 Å². The SMILES string of the molecule is COc1ncc(N2C=COC(C3=C(O[C@H]4CON(C(=O)c5cn(C)cn5)C4)C=CCC3)=C2)cc1C#N. The van der Waals surface area contributed by atoms with Gasteiger partial charge in [-0.25, -0.2) is 15.0 Å². The van der Waals surface area contributed by atoms with Crippen LogP contribution < -0.4 is 9.64 Å². The van der Waals surface area contributed by atoms with Crippen LogP contribution in [0.25, 0.3) is 0 Å². The van der Waals surface area contributed by atoms with Gasteiger partial charge < -0.3 is 23.7 Å². The van der Waals surface area contributed by atoms with E-state index >= 15 is 0 Å². The van der Waals surface area contributed by atoms with Crippen molar-refractivity contribution < 1.29 is 23.8 Å². The van der Waals surface area contributed by atoms with E-state index in [1.165, 1.54) is 12.2 Å². The molecule has 1 saturated heterocycles. The number of hydrogen-bond acceptors (Lipinski definition) is 9. The highest BCUT2D eigenvalue weighted by atomic mass is 16.7. The highest BCUT2D eigenvalue weighted by Crippen LogP contribution is 2.32. The fourth-order valence-electron chi connectivity index (χ4n) is 4.01. The summed E-state index contributed by atoms with van der Waals surface area (Å²) in [7, 11) is 3.28. The lowest BCUT2D eigenvalue weighted by Crippen LogP contribution is -2.29. The molecule has 1 aliphatic carbocycles. The molecule has 36 heavy (non-hydrogen) atoms. The van der Waals surface area contributed by atoms with Gasteiger partial charge in [-0.15, -0.1) is 0 Å². The Balaban J connectivity index is 1.33. The maximum atomic E-state index is 12.6. The average Bonchev–Trinajstić information content (AvgIpc) is 3.57. The molecule has 2 aromatic heterocycles. The molecule has 0 unspecified atom stereocenters. The molecule has 0 spiro atoms. The number of nitrogens with zero attached hydrogens (tertiary/aromatic N) is 6. The van der Waals surface area contributed by atoms with Crippen molar-refractivity contribution in [1.29, 1.82) is 5.26 Å². The Morgan fingerprint density at radius 1 is 1.33 bits per heavy atom. The van der Waals surface area contributed by atoms with E-state index in [1.807, 2.05) is 23.3 Å². The number of amides is 1. The third-order valence-electron chi connectivity index (χ3n) is 5.78. The monoisotopic (exact) mass is 488 g/mol. The van der Waals surface area contributed by atoms with Gasteiger partial charge in [0.2, 0.25) is 5.88 Å². The number of ether oxygens (including phenoxy) is 3. The number of pyridine rings is 1. The van der Waals surface area contributed by atoms with Crippen LogP contribution in [0.2, 0.25) is 0 Å². The lowest BCUT2D eigenvalue weighted by atomic mass is 10.0. The van der Waals surface area contributed by atoms with Crippen molar-refractivity contribution in [3.8, 4) is 11.9 Å². The molecular formula is C25H24N6O5. The highest BCUT2D eigenvalue weighted by molar-refractivity contribution is 5.91. The summed E-state index contributed by atoms with van der Waals surface area (Å²) >= 11 is 0. The molecule has 0 saturated carbocycles. The number of carbonyl (C=O) groups is 1. The number of allylic oxidation sites excluding steroid dienone is 3. The van der Waals surface area contributed by atoms with Crippen molar-refractivity contribution in [3.63, 3.8) is 0 Å². The third-order valence-corrected chi connectivity index (χ3v) is 5.78. The van der Waals surface area contributed by atoms with Gasteiger partial charge in [-0.1, -0.05) is 6.08 Å². The van der Waals surface area contributed by atoms with E-state index < -0.39 is 0 Å². The predicted molar refractivity (Wildman–Crippen MR) is 127 cm³/mol. The molecule has 0 bridgehead atoms. The van der Waals surface area contributed by atoms with Crippen LogP contribution in [0, 0.1) is 11.3 Å². The van der Waals surface area contributed by atoms with Crippen molar-refractivity contribution in [2.24, 2.45) is 7.05 Å². The highest BCUT2D eigenvalue weighted by Gasteiger charge is 2.32. The van der Waals surface area contributed by atoms with E-state index in [1.54, 1.807) is 48.9 Å². The summed E-state index contributed by atoms with van der Waals surface area (Å²) in [5.41, 5.74) is 2.23. The number of aryl methyl sites for hydroxylation is 1. The van der Waals surface area contributed by atoms with E-state index in [0.717, 1.165) is 12.0 Å². The van der Waals surface area contributed by atoms with Gasteiger partial charge in [0.25, 0.3) is 5.91 Å². The maximum Gasteiger partial charge on any atom is 0.297 e. The summed E-state index contributed by atoms with van der Waals surface area (Å²) in [4.78, 5) is 28.3. The smallest absolute Gasteiger partial charge is 0.297 e. The first-order valence-electron chi connectivity index (χ1n) is 11.3. The number of aromatic nitrogens is 3. The Morgan fingerprint density at radius 3 is 3.00 bits per heavy atom. The van der Waals surface area contributed by atoms with Gasteiger partial charge in [0.15, 0.2) is 0 Å². The molecule has 1 fully saturated rings. The van der Waals surface area contributed by atoms with Crippen LogP contribution in [0.4, 0.5) is 5.69 Å². The van der Waals surface area contributed by atoms with Gasteiger partial charge in [0.1, 0.15) is 47.8 Å². The maximum absolute atomic E-state index is 12.6. The summed E-state index contributed by atoms with van der Waals surface area (Å²) in [5, 5.41) is 10.7. The first kappa shape index (κ1) is 23.2. The number of nitriles is 1. The fraction of sp³-hybridized carbons (Fsp3) is 0.280. The third kappa shape index (κ3) is 4.67. The molecule has 2 aromatic rings. The minimum absolute atomic E-state index is 0.240. The van der Waals surface area contributed by atoms with Crippen LogP contribution in [0.1, 0.15) is 28.9 Å². The van der Waals surface area contributed by atoms with Gasteiger partial charge in [-0.2, -0.15) is 5.26 Å². The number of anilines is 1. The number of carbonyl (C=O) groups excluding carboxylic acids is 1. The van der Waals surface area contributed by atoms with Crippen molar-refractivity contribution in [2.75, 3.05) is 25.2 Å². The molecule has 11 nitrogen and oxygen atoms in total. The number of imidazole rings is 1. The van der Waals surface area contributed by atoms with Gasteiger partial charge in [-0.3, -0.25) is 9.63 Å². The number of methoxy groups -OCH3 is 1.